The molecule has 1 aliphatic rings. The lowest BCUT2D eigenvalue weighted by atomic mass is 9.99. The van der Waals surface area contributed by atoms with Gasteiger partial charge in [-0.25, -0.2) is 0 Å². The maximum atomic E-state index is 11.3. The summed E-state index contributed by atoms with van der Waals surface area (Å²) in [4.78, 5) is 13.6. The Balaban J connectivity index is 2.02. The van der Waals surface area contributed by atoms with E-state index in [4.69, 9.17) is 5.73 Å². The first kappa shape index (κ1) is 13.9. The molecule has 104 valence electrons. The Morgan fingerprint density at radius 2 is 2.32 bits per heavy atom. The van der Waals surface area contributed by atoms with Gasteiger partial charge in [0.2, 0.25) is 0 Å². The minimum absolute atomic E-state index is 0.332. The van der Waals surface area contributed by atoms with Crippen LogP contribution < -0.4 is 10.6 Å². The molecule has 4 heteroatoms. The number of ether oxygens (including phenoxy) is 1. The van der Waals surface area contributed by atoms with Gasteiger partial charge in [-0.1, -0.05) is 17.7 Å². The molecule has 0 bridgehead atoms. The van der Waals surface area contributed by atoms with Gasteiger partial charge in [0, 0.05) is 18.8 Å². The summed E-state index contributed by atoms with van der Waals surface area (Å²) in [5.41, 5.74) is 9.77. The van der Waals surface area contributed by atoms with Gasteiger partial charge in [0.15, 0.2) is 0 Å². The maximum Gasteiger partial charge on any atom is 0.322 e. The number of hydrogen-bond donors (Lipinski definition) is 1. The molecule has 0 spiro atoms. The van der Waals surface area contributed by atoms with Gasteiger partial charge < -0.3 is 15.4 Å². The molecule has 1 aliphatic heterocycles. The second-order valence-corrected chi connectivity index (χ2v) is 5.14. The molecular weight excluding hydrogens is 240 g/mol. The zero-order valence-electron chi connectivity index (χ0n) is 11.7. The molecule has 19 heavy (non-hydrogen) atoms. The third-order valence-corrected chi connectivity index (χ3v) is 3.66. The molecule has 1 unspecified atom stereocenters. The number of rotatable bonds is 4. The summed E-state index contributed by atoms with van der Waals surface area (Å²) in [5, 5.41) is 0. The number of esters is 1. The summed E-state index contributed by atoms with van der Waals surface area (Å²) >= 11 is 0. The molecule has 4 nitrogen and oxygen atoms in total. The van der Waals surface area contributed by atoms with Crippen LogP contribution in [0.1, 0.15) is 24.0 Å². The monoisotopic (exact) mass is 262 g/mol. The number of fused-ring (bicyclic) bond motifs is 1. The lowest BCUT2D eigenvalue weighted by Gasteiger charge is -2.32. The highest BCUT2D eigenvalue weighted by molar-refractivity contribution is 5.75. The smallest absolute Gasteiger partial charge is 0.322 e. The van der Waals surface area contributed by atoms with Gasteiger partial charge in [0.25, 0.3) is 0 Å². The van der Waals surface area contributed by atoms with Crippen molar-refractivity contribution in [3.05, 3.63) is 29.3 Å². The van der Waals surface area contributed by atoms with Crippen LogP contribution in [0.3, 0.4) is 0 Å². The first-order valence-corrected chi connectivity index (χ1v) is 6.79. The quantitative estimate of drug-likeness (QED) is 0.838. The fourth-order valence-electron chi connectivity index (χ4n) is 2.60. The molecule has 1 heterocycles. The van der Waals surface area contributed by atoms with Crippen LogP contribution in [0.4, 0.5) is 5.69 Å². The van der Waals surface area contributed by atoms with Crippen molar-refractivity contribution >= 4 is 11.7 Å². The average Bonchev–Trinajstić information content (AvgIpc) is 2.43. The molecule has 0 amide bonds. The van der Waals surface area contributed by atoms with Crippen LogP contribution >= 0.6 is 0 Å². The Morgan fingerprint density at radius 1 is 1.53 bits per heavy atom. The van der Waals surface area contributed by atoms with Gasteiger partial charge in [-0.3, -0.25) is 4.79 Å². The van der Waals surface area contributed by atoms with E-state index in [1.54, 1.807) is 0 Å². The van der Waals surface area contributed by atoms with E-state index in [9.17, 15) is 4.79 Å². The maximum absolute atomic E-state index is 11.3. The van der Waals surface area contributed by atoms with E-state index in [2.05, 4.69) is 34.8 Å². The van der Waals surface area contributed by atoms with Crippen LogP contribution in [0.25, 0.3) is 0 Å². The number of anilines is 1. The first-order chi connectivity index (χ1) is 9.11. The number of hydrogen-bond acceptors (Lipinski definition) is 4. The summed E-state index contributed by atoms with van der Waals surface area (Å²) in [5.74, 6) is -0.332. The van der Waals surface area contributed by atoms with Gasteiger partial charge in [0.1, 0.15) is 6.04 Å². The topological polar surface area (TPSA) is 55.6 Å². The Bertz CT molecular complexity index is 459. The van der Waals surface area contributed by atoms with Crippen molar-refractivity contribution in [1.29, 1.82) is 0 Å². The van der Waals surface area contributed by atoms with Crippen LogP contribution in [0.5, 0.6) is 0 Å². The molecule has 0 fully saturated rings. The summed E-state index contributed by atoms with van der Waals surface area (Å²) < 4.78 is 4.65. The zero-order valence-corrected chi connectivity index (χ0v) is 11.7. The van der Waals surface area contributed by atoms with Gasteiger partial charge in [-0.15, -0.1) is 0 Å². The molecule has 2 rings (SSSR count). The highest BCUT2D eigenvalue weighted by Gasteiger charge is 2.19. The molecule has 2 N–H and O–H groups in total. The van der Waals surface area contributed by atoms with E-state index in [1.807, 2.05) is 0 Å². The summed E-state index contributed by atoms with van der Waals surface area (Å²) in [6.07, 6.45) is 2.92. The van der Waals surface area contributed by atoms with Crippen molar-refractivity contribution in [3.8, 4) is 0 Å². The van der Waals surface area contributed by atoms with Crippen LogP contribution in [0.15, 0.2) is 18.2 Å². The molecule has 0 aromatic heterocycles. The largest absolute Gasteiger partial charge is 0.468 e. The molecule has 1 aromatic rings. The molecule has 1 atom stereocenters. The van der Waals surface area contributed by atoms with Gasteiger partial charge in [-0.2, -0.15) is 0 Å². The predicted molar refractivity (Wildman–Crippen MR) is 76.3 cm³/mol. The lowest BCUT2D eigenvalue weighted by Crippen LogP contribution is -2.38. The molecule has 0 aliphatic carbocycles. The highest BCUT2D eigenvalue weighted by Crippen LogP contribution is 2.28. The summed E-state index contributed by atoms with van der Waals surface area (Å²) in [7, 11) is 1.38. The number of nitrogens with two attached hydrogens (primary N) is 1. The Morgan fingerprint density at radius 3 is 3.05 bits per heavy atom. The second kappa shape index (κ2) is 6.06. The second-order valence-electron chi connectivity index (χ2n) is 5.14. The number of nitrogens with zero attached hydrogens (tertiary/aromatic N) is 1. The number of aryl methyl sites for hydroxylation is 2. The van der Waals surface area contributed by atoms with Crippen molar-refractivity contribution in [2.75, 3.05) is 25.1 Å². The van der Waals surface area contributed by atoms with E-state index in [-0.39, 0.29) is 5.97 Å². The van der Waals surface area contributed by atoms with Gasteiger partial charge >= 0.3 is 5.97 Å². The lowest BCUT2D eigenvalue weighted by molar-refractivity contribution is -0.142. The Hall–Kier alpha value is -1.55. The van der Waals surface area contributed by atoms with Crippen molar-refractivity contribution in [1.82, 2.24) is 0 Å². The SMILES string of the molecule is COC(=O)C(N)CCN1CCCc2cc(C)ccc21. The summed E-state index contributed by atoms with van der Waals surface area (Å²) in [6.45, 7) is 3.95. The first-order valence-electron chi connectivity index (χ1n) is 6.79. The Kier molecular flexibility index (Phi) is 4.43. The van der Waals surface area contributed by atoms with Crippen LogP contribution in [-0.4, -0.2) is 32.2 Å². The molecule has 0 radical (unpaired) electrons. The van der Waals surface area contributed by atoms with E-state index in [1.165, 1.54) is 23.9 Å². The van der Waals surface area contributed by atoms with Crippen molar-refractivity contribution in [2.45, 2.75) is 32.2 Å². The van der Waals surface area contributed by atoms with E-state index >= 15 is 0 Å². The van der Waals surface area contributed by atoms with Crippen molar-refractivity contribution in [3.63, 3.8) is 0 Å². The fraction of sp³-hybridized carbons (Fsp3) is 0.533. The zero-order chi connectivity index (χ0) is 13.8. The third kappa shape index (κ3) is 3.26. The number of benzene rings is 1. The minimum Gasteiger partial charge on any atom is -0.468 e. The number of carbonyl (C=O) groups excluding carboxylic acids is 1. The van der Waals surface area contributed by atoms with E-state index < -0.39 is 6.04 Å². The molecule has 0 saturated heterocycles. The van der Waals surface area contributed by atoms with Crippen molar-refractivity contribution < 1.29 is 9.53 Å². The van der Waals surface area contributed by atoms with Crippen LogP contribution in [0, 0.1) is 6.92 Å². The molecule has 1 aromatic carbocycles. The molecular formula is C15H22N2O2. The standard InChI is InChI=1S/C15H22N2O2/c1-11-5-6-14-12(10-11)4-3-8-17(14)9-7-13(16)15(18)19-2/h5-6,10,13H,3-4,7-9,16H2,1-2H3. The minimum atomic E-state index is -0.527. The Labute approximate surface area is 114 Å². The number of methoxy groups -OCH3 is 1. The average molecular weight is 262 g/mol. The summed E-state index contributed by atoms with van der Waals surface area (Å²) in [6, 6.07) is 6.04. The normalized spacial score (nSPS) is 15.8. The highest BCUT2D eigenvalue weighted by atomic mass is 16.5. The third-order valence-electron chi connectivity index (χ3n) is 3.66. The number of carbonyl (C=O) groups is 1. The molecule has 0 saturated carbocycles. The predicted octanol–water partition coefficient (Wildman–Crippen LogP) is 1.64. The van der Waals surface area contributed by atoms with Crippen LogP contribution in [-0.2, 0) is 16.0 Å². The van der Waals surface area contributed by atoms with Crippen molar-refractivity contribution in [2.24, 2.45) is 5.73 Å². The van der Waals surface area contributed by atoms with Gasteiger partial charge in [0.05, 0.1) is 7.11 Å². The van der Waals surface area contributed by atoms with E-state index in [0.717, 1.165) is 25.9 Å². The van der Waals surface area contributed by atoms with Gasteiger partial charge in [-0.05, 0) is 37.8 Å². The van der Waals surface area contributed by atoms with Crippen LogP contribution in [0.2, 0.25) is 0 Å². The fourth-order valence-corrected chi connectivity index (χ4v) is 2.60. The van der Waals surface area contributed by atoms with E-state index in [0.29, 0.717) is 6.42 Å².